The summed E-state index contributed by atoms with van der Waals surface area (Å²) in [5, 5.41) is 12.4. The van der Waals surface area contributed by atoms with Gasteiger partial charge in [-0.25, -0.2) is 9.97 Å². The number of rotatable bonds is 3. The third kappa shape index (κ3) is 3.38. The molecule has 0 aliphatic heterocycles. The second-order valence-corrected chi connectivity index (χ2v) is 4.65. The second kappa shape index (κ2) is 5.42. The molecular weight excluding hydrogens is 242 g/mol. The smallest absolute Gasteiger partial charge is 0.271 e. The monoisotopic (exact) mass is 255 g/mol. The van der Waals surface area contributed by atoms with Gasteiger partial charge < -0.3 is 10.4 Å². The predicted octanol–water partition coefficient (Wildman–Crippen LogP) is 1.02. The van der Waals surface area contributed by atoms with Crippen molar-refractivity contribution in [2.24, 2.45) is 5.92 Å². The van der Waals surface area contributed by atoms with Crippen LogP contribution in [0.4, 0.5) is 0 Å². The largest absolute Gasteiger partial charge is 0.393 e. The first-order valence-corrected chi connectivity index (χ1v) is 5.97. The number of hydrogen-bond acceptors (Lipinski definition) is 4. The molecule has 1 aliphatic rings. The van der Waals surface area contributed by atoms with Gasteiger partial charge in [-0.15, -0.1) is 0 Å². The standard InChI is InChI=1S/C11H14ClN3O2/c12-10-6-13-9(5-14-10)11(17)15-4-7-1-2-8(16)3-7/h5-8,16H,1-4H2,(H,15,17). The number of aliphatic hydroxyl groups is 1. The van der Waals surface area contributed by atoms with E-state index in [0.717, 1.165) is 19.3 Å². The van der Waals surface area contributed by atoms with E-state index >= 15 is 0 Å². The van der Waals surface area contributed by atoms with E-state index < -0.39 is 0 Å². The molecule has 0 bridgehead atoms. The summed E-state index contributed by atoms with van der Waals surface area (Å²) in [5.74, 6) is 0.102. The summed E-state index contributed by atoms with van der Waals surface area (Å²) in [6.07, 6.45) is 5.01. The number of carbonyl (C=O) groups is 1. The summed E-state index contributed by atoms with van der Waals surface area (Å²) in [5.41, 5.74) is 0.257. The van der Waals surface area contributed by atoms with Crippen molar-refractivity contribution < 1.29 is 9.90 Å². The summed E-state index contributed by atoms with van der Waals surface area (Å²) in [4.78, 5) is 19.4. The Morgan fingerprint density at radius 2 is 2.29 bits per heavy atom. The first kappa shape index (κ1) is 12.3. The summed E-state index contributed by atoms with van der Waals surface area (Å²) in [6, 6.07) is 0. The van der Waals surface area contributed by atoms with Crippen LogP contribution in [-0.2, 0) is 0 Å². The van der Waals surface area contributed by atoms with Gasteiger partial charge in [-0.1, -0.05) is 11.6 Å². The van der Waals surface area contributed by atoms with E-state index in [1.807, 2.05) is 0 Å². The molecule has 1 saturated carbocycles. The molecule has 1 aromatic rings. The highest BCUT2D eigenvalue weighted by Crippen LogP contribution is 2.24. The molecule has 1 fully saturated rings. The van der Waals surface area contributed by atoms with E-state index in [2.05, 4.69) is 15.3 Å². The van der Waals surface area contributed by atoms with Gasteiger partial charge in [0.15, 0.2) is 0 Å². The lowest BCUT2D eigenvalue weighted by atomic mass is 10.1. The van der Waals surface area contributed by atoms with Crippen molar-refractivity contribution in [3.63, 3.8) is 0 Å². The van der Waals surface area contributed by atoms with Crippen molar-refractivity contribution in [1.82, 2.24) is 15.3 Å². The number of aromatic nitrogens is 2. The van der Waals surface area contributed by atoms with E-state index in [9.17, 15) is 9.90 Å². The number of nitrogens with one attached hydrogen (secondary N) is 1. The Bertz CT molecular complexity index is 396. The summed E-state index contributed by atoms with van der Waals surface area (Å²) < 4.78 is 0. The fourth-order valence-corrected chi connectivity index (χ4v) is 2.09. The zero-order chi connectivity index (χ0) is 12.3. The minimum Gasteiger partial charge on any atom is -0.393 e. The zero-order valence-corrected chi connectivity index (χ0v) is 10.0. The van der Waals surface area contributed by atoms with E-state index in [-0.39, 0.29) is 22.9 Å². The van der Waals surface area contributed by atoms with Crippen LogP contribution in [0.15, 0.2) is 12.4 Å². The highest BCUT2D eigenvalue weighted by atomic mass is 35.5. The van der Waals surface area contributed by atoms with Gasteiger partial charge in [0.2, 0.25) is 0 Å². The molecule has 0 radical (unpaired) electrons. The fraction of sp³-hybridized carbons (Fsp3) is 0.545. The van der Waals surface area contributed by atoms with Crippen LogP contribution in [0.1, 0.15) is 29.8 Å². The second-order valence-electron chi connectivity index (χ2n) is 4.27. The molecule has 2 unspecified atom stereocenters. The Morgan fingerprint density at radius 1 is 1.47 bits per heavy atom. The summed E-state index contributed by atoms with van der Waals surface area (Å²) in [7, 11) is 0. The third-order valence-electron chi connectivity index (χ3n) is 2.92. The predicted molar refractivity (Wildman–Crippen MR) is 62.7 cm³/mol. The van der Waals surface area contributed by atoms with Crippen LogP contribution in [0.25, 0.3) is 0 Å². The third-order valence-corrected chi connectivity index (χ3v) is 3.11. The lowest BCUT2D eigenvalue weighted by Gasteiger charge is -2.10. The minimum atomic E-state index is -0.254. The zero-order valence-electron chi connectivity index (χ0n) is 9.27. The molecule has 5 nitrogen and oxygen atoms in total. The summed E-state index contributed by atoms with van der Waals surface area (Å²) in [6.45, 7) is 0.570. The van der Waals surface area contributed by atoms with Gasteiger partial charge in [0.1, 0.15) is 10.8 Å². The van der Waals surface area contributed by atoms with Crippen LogP contribution >= 0.6 is 11.6 Å². The molecule has 17 heavy (non-hydrogen) atoms. The maximum Gasteiger partial charge on any atom is 0.271 e. The molecule has 0 aromatic carbocycles. The quantitative estimate of drug-likeness (QED) is 0.846. The van der Waals surface area contributed by atoms with Crippen LogP contribution in [0.5, 0.6) is 0 Å². The average molecular weight is 256 g/mol. The molecule has 2 rings (SSSR count). The van der Waals surface area contributed by atoms with E-state index in [4.69, 9.17) is 11.6 Å². The molecule has 1 aromatic heterocycles. The summed E-state index contributed by atoms with van der Waals surface area (Å²) >= 11 is 5.58. The number of amides is 1. The average Bonchev–Trinajstić information content (AvgIpc) is 2.73. The maximum absolute atomic E-state index is 11.7. The molecule has 0 spiro atoms. The van der Waals surface area contributed by atoms with Crippen molar-refractivity contribution in [2.45, 2.75) is 25.4 Å². The Kier molecular flexibility index (Phi) is 3.91. The van der Waals surface area contributed by atoms with Gasteiger partial charge in [-0.05, 0) is 25.2 Å². The molecule has 6 heteroatoms. The van der Waals surface area contributed by atoms with Crippen LogP contribution < -0.4 is 5.32 Å². The Labute approximate surface area is 104 Å². The normalized spacial score (nSPS) is 23.6. The van der Waals surface area contributed by atoms with Crippen LogP contribution in [0.3, 0.4) is 0 Å². The molecule has 2 atom stereocenters. The lowest BCUT2D eigenvalue weighted by molar-refractivity contribution is 0.0939. The van der Waals surface area contributed by atoms with Crippen LogP contribution in [0.2, 0.25) is 5.15 Å². The number of hydrogen-bond donors (Lipinski definition) is 2. The number of halogens is 1. The SMILES string of the molecule is O=C(NCC1CCC(O)C1)c1cnc(Cl)cn1. The number of carbonyl (C=O) groups excluding carboxylic acids is 1. The van der Waals surface area contributed by atoms with E-state index in [0.29, 0.717) is 12.5 Å². The van der Waals surface area contributed by atoms with Crippen molar-refractivity contribution in [2.75, 3.05) is 6.54 Å². The highest BCUT2D eigenvalue weighted by Gasteiger charge is 2.23. The van der Waals surface area contributed by atoms with Gasteiger partial charge in [0, 0.05) is 6.54 Å². The van der Waals surface area contributed by atoms with Crippen LogP contribution in [-0.4, -0.2) is 33.6 Å². The lowest BCUT2D eigenvalue weighted by Crippen LogP contribution is -2.29. The van der Waals surface area contributed by atoms with Gasteiger partial charge in [-0.3, -0.25) is 4.79 Å². The van der Waals surface area contributed by atoms with Gasteiger partial charge in [0.05, 0.1) is 18.5 Å². The maximum atomic E-state index is 11.7. The van der Waals surface area contributed by atoms with Gasteiger partial charge in [-0.2, -0.15) is 0 Å². The van der Waals surface area contributed by atoms with Crippen molar-refractivity contribution in [1.29, 1.82) is 0 Å². The molecule has 1 aliphatic carbocycles. The highest BCUT2D eigenvalue weighted by molar-refractivity contribution is 6.29. The topological polar surface area (TPSA) is 75.1 Å². The molecule has 92 valence electrons. The molecule has 1 heterocycles. The molecule has 2 N–H and O–H groups in total. The van der Waals surface area contributed by atoms with Crippen molar-refractivity contribution in [3.05, 3.63) is 23.2 Å². The Morgan fingerprint density at radius 3 is 2.88 bits per heavy atom. The molecule has 0 saturated heterocycles. The van der Waals surface area contributed by atoms with Gasteiger partial charge in [0.25, 0.3) is 5.91 Å². The first-order valence-electron chi connectivity index (χ1n) is 5.59. The van der Waals surface area contributed by atoms with E-state index in [1.165, 1.54) is 12.4 Å². The minimum absolute atomic E-state index is 0.216. The van der Waals surface area contributed by atoms with Crippen molar-refractivity contribution >= 4 is 17.5 Å². The Balaban J connectivity index is 1.83. The van der Waals surface area contributed by atoms with Crippen LogP contribution in [0, 0.1) is 5.92 Å². The first-order chi connectivity index (χ1) is 8.15. The molecular formula is C11H14ClN3O2. The fourth-order valence-electron chi connectivity index (χ4n) is 1.99. The number of nitrogens with zero attached hydrogens (tertiary/aromatic N) is 2. The molecule has 1 amide bonds. The Hall–Kier alpha value is -1.20. The van der Waals surface area contributed by atoms with Gasteiger partial charge >= 0.3 is 0 Å². The number of aliphatic hydroxyl groups excluding tert-OH is 1. The van der Waals surface area contributed by atoms with E-state index in [1.54, 1.807) is 0 Å². The van der Waals surface area contributed by atoms with Crippen molar-refractivity contribution in [3.8, 4) is 0 Å².